The smallest absolute Gasteiger partial charge is 0.410 e. The monoisotopic (exact) mass is 320 g/mol. The molecule has 0 radical (unpaired) electrons. The van der Waals surface area contributed by atoms with Crippen LogP contribution < -0.4 is 11.1 Å². The number of nitrogens with one attached hydrogen (secondary N) is 2. The number of ether oxygens (including phenoxy) is 1. The van der Waals surface area contributed by atoms with E-state index in [4.69, 9.17) is 15.9 Å². The summed E-state index contributed by atoms with van der Waals surface area (Å²) in [5, 5.41) is 11.1. The molecule has 1 atom stereocenters. The van der Waals surface area contributed by atoms with E-state index in [0.717, 1.165) is 6.42 Å². The molecule has 4 N–H and O–H groups in total. The van der Waals surface area contributed by atoms with Crippen molar-refractivity contribution in [1.29, 1.82) is 5.41 Å². The van der Waals surface area contributed by atoms with Gasteiger partial charge in [0.05, 0.1) is 5.56 Å². The van der Waals surface area contributed by atoms with Crippen molar-refractivity contribution >= 4 is 23.4 Å². The zero-order valence-corrected chi connectivity index (χ0v) is 14.0. The summed E-state index contributed by atoms with van der Waals surface area (Å²) in [5.74, 6) is 0.804. The number of carbonyl (C=O) groups is 1. The molecular weight excluding hydrogens is 296 g/mol. The van der Waals surface area contributed by atoms with Gasteiger partial charge in [-0.3, -0.25) is 0 Å². The average molecular weight is 320 g/mol. The summed E-state index contributed by atoms with van der Waals surface area (Å²) < 4.78 is 5.38. The Morgan fingerprint density at radius 2 is 2.17 bits per heavy atom. The molecule has 1 fully saturated rings. The van der Waals surface area contributed by atoms with Crippen LogP contribution in [-0.2, 0) is 4.74 Å². The van der Waals surface area contributed by atoms with Gasteiger partial charge in [-0.05, 0) is 34.1 Å². The largest absolute Gasteiger partial charge is 0.444 e. The molecule has 0 aromatic carbocycles. The molecule has 1 aromatic rings. The standard InChI is InChI=1S/C15H24N6O2/c1-9(16)11-12(17)18-8-19-13(11)20-10-5-6-21(7-10)14(22)23-15(2,3)4/h8,10,16H,5-7H2,1-4H3,(H3,17,18,19,20)/t10-/m1/s1. The van der Waals surface area contributed by atoms with Crippen LogP contribution in [-0.4, -0.2) is 51.4 Å². The highest BCUT2D eigenvalue weighted by Gasteiger charge is 2.30. The van der Waals surface area contributed by atoms with E-state index in [9.17, 15) is 4.79 Å². The van der Waals surface area contributed by atoms with Crippen LogP contribution in [0, 0.1) is 5.41 Å². The molecule has 2 heterocycles. The Morgan fingerprint density at radius 3 is 2.78 bits per heavy atom. The number of nitrogens with zero attached hydrogens (tertiary/aromatic N) is 3. The van der Waals surface area contributed by atoms with E-state index in [1.54, 1.807) is 11.8 Å². The Labute approximate surface area is 135 Å². The summed E-state index contributed by atoms with van der Waals surface area (Å²) >= 11 is 0. The first-order valence-electron chi connectivity index (χ1n) is 7.58. The summed E-state index contributed by atoms with van der Waals surface area (Å²) in [7, 11) is 0. The number of rotatable bonds is 3. The third kappa shape index (κ3) is 4.30. The van der Waals surface area contributed by atoms with Gasteiger partial charge < -0.3 is 26.1 Å². The van der Waals surface area contributed by atoms with Crippen LogP contribution in [0.4, 0.5) is 16.4 Å². The van der Waals surface area contributed by atoms with E-state index in [1.165, 1.54) is 6.33 Å². The minimum absolute atomic E-state index is 0.0370. The van der Waals surface area contributed by atoms with E-state index < -0.39 is 5.60 Å². The van der Waals surface area contributed by atoms with Gasteiger partial charge in [0, 0.05) is 24.8 Å². The predicted molar refractivity (Wildman–Crippen MR) is 88.8 cm³/mol. The third-order valence-corrected chi connectivity index (χ3v) is 3.43. The fraction of sp³-hybridized carbons (Fsp3) is 0.600. The molecule has 126 valence electrons. The molecule has 8 nitrogen and oxygen atoms in total. The fourth-order valence-electron chi connectivity index (χ4n) is 2.44. The number of nitrogen functional groups attached to an aromatic ring is 1. The molecule has 8 heteroatoms. The SMILES string of the molecule is CC(=N)c1c(N)ncnc1N[C@@H]1CCN(C(=O)OC(C)(C)C)C1. The van der Waals surface area contributed by atoms with Gasteiger partial charge in [-0.25, -0.2) is 14.8 Å². The van der Waals surface area contributed by atoms with Crippen molar-refractivity contribution in [2.75, 3.05) is 24.1 Å². The van der Waals surface area contributed by atoms with Crippen molar-refractivity contribution in [2.45, 2.75) is 45.8 Å². The van der Waals surface area contributed by atoms with Crippen molar-refractivity contribution in [3.8, 4) is 0 Å². The summed E-state index contributed by atoms with van der Waals surface area (Å²) in [4.78, 5) is 21.9. The lowest BCUT2D eigenvalue weighted by Crippen LogP contribution is -2.36. The predicted octanol–water partition coefficient (Wildman–Crippen LogP) is 1.87. The van der Waals surface area contributed by atoms with Crippen LogP contribution in [0.25, 0.3) is 0 Å². The Hall–Kier alpha value is -2.38. The maximum Gasteiger partial charge on any atom is 0.410 e. The normalized spacial score (nSPS) is 17.9. The molecule has 0 unspecified atom stereocenters. The number of nitrogens with two attached hydrogens (primary N) is 1. The van der Waals surface area contributed by atoms with Crippen LogP contribution in [0.15, 0.2) is 6.33 Å². The quantitative estimate of drug-likeness (QED) is 0.732. The number of amides is 1. The minimum atomic E-state index is -0.506. The van der Waals surface area contributed by atoms with Crippen LogP contribution in [0.2, 0.25) is 0 Å². The Morgan fingerprint density at radius 1 is 1.48 bits per heavy atom. The van der Waals surface area contributed by atoms with Crippen molar-refractivity contribution < 1.29 is 9.53 Å². The first kappa shape index (κ1) is 17.0. The number of hydrogen-bond donors (Lipinski definition) is 3. The molecule has 1 aromatic heterocycles. The van der Waals surface area contributed by atoms with E-state index in [1.807, 2.05) is 20.8 Å². The molecule has 23 heavy (non-hydrogen) atoms. The minimum Gasteiger partial charge on any atom is -0.444 e. The van der Waals surface area contributed by atoms with Crippen LogP contribution in [0.1, 0.15) is 39.7 Å². The maximum absolute atomic E-state index is 12.1. The van der Waals surface area contributed by atoms with Crippen molar-refractivity contribution in [3.05, 3.63) is 11.9 Å². The van der Waals surface area contributed by atoms with Gasteiger partial charge in [0.2, 0.25) is 0 Å². The summed E-state index contributed by atoms with van der Waals surface area (Å²) in [6.07, 6.45) is 1.83. The Kier molecular flexibility index (Phi) is 4.72. The maximum atomic E-state index is 12.1. The second kappa shape index (κ2) is 6.39. The van der Waals surface area contributed by atoms with Gasteiger partial charge in [-0.15, -0.1) is 0 Å². The topological polar surface area (TPSA) is 117 Å². The molecule has 1 saturated heterocycles. The Bertz CT molecular complexity index is 610. The van der Waals surface area contributed by atoms with Crippen LogP contribution in [0.3, 0.4) is 0 Å². The second-order valence-electron chi connectivity index (χ2n) is 6.66. The highest BCUT2D eigenvalue weighted by Crippen LogP contribution is 2.22. The summed E-state index contributed by atoms with van der Waals surface area (Å²) in [6.45, 7) is 8.32. The van der Waals surface area contributed by atoms with E-state index in [-0.39, 0.29) is 18.0 Å². The van der Waals surface area contributed by atoms with E-state index in [2.05, 4.69) is 15.3 Å². The van der Waals surface area contributed by atoms with Gasteiger partial charge in [-0.1, -0.05) is 0 Å². The molecule has 0 bridgehead atoms. The second-order valence-corrected chi connectivity index (χ2v) is 6.66. The molecule has 1 aliphatic rings. The number of hydrogen-bond acceptors (Lipinski definition) is 7. The lowest BCUT2D eigenvalue weighted by atomic mass is 10.1. The van der Waals surface area contributed by atoms with Crippen molar-refractivity contribution in [3.63, 3.8) is 0 Å². The highest BCUT2D eigenvalue weighted by atomic mass is 16.6. The number of aromatic nitrogens is 2. The first-order valence-corrected chi connectivity index (χ1v) is 7.58. The van der Waals surface area contributed by atoms with E-state index in [0.29, 0.717) is 30.2 Å². The van der Waals surface area contributed by atoms with Crippen molar-refractivity contribution in [1.82, 2.24) is 14.9 Å². The zero-order valence-electron chi connectivity index (χ0n) is 14.0. The first-order chi connectivity index (χ1) is 10.7. The van der Waals surface area contributed by atoms with Gasteiger partial charge in [0.25, 0.3) is 0 Å². The van der Waals surface area contributed by atoms with Crippen LogP contribution >= 0.6 is 0 Å². The summed E-state index contributed by atoms with van der Waals surface area (Å²) in [6, 6.07) is 0.0370. The lowest BCUT2D eigenvalue weighted by Gasteiger charge is -2.24. The van der Waals surface area contributed by atoms with Gasteiger partial charge >= 0.3 is 6.09 Å². The fourth-order valence-corrected chi connectivity index (χ4v) is 2.44. The molecule has 0 spiro atoms. The molecular formula is C15H24N6O2. The van der Waals surface area contributed by atoms with Crippen molar-refractivity contribution in [2.24, 2.45) is 0 Å². The van der Waals surface area contributed by atoms with Crippen LogP contribution in [0.5, 0.6) is 0 Å². The Balaban J connectivity index is 2.03. The molecule has 2 rings (SSSR count). The molecule has 0 saturated carbocycles. The van der Waals surface area contributed by atoms with Gasteiger partial charge in [0.15, 0.2) is 0 Å². The van der Waals surface area contributed by atoms with Gasteiger partial charge in [-0.2, -0.15) is 0 Å². The molecule has 1 aliphatic heterocycles. The lowest BCUT2D eigenvalue weighted by molar-refractivity contribution is 0.0293. The number of likely N-dealkylation sites (tertiary alicyclic amines) is 1. The molecule has 0 aliphatic carbocycles. The molecule has 1 amide bonds. The third-order valence-electron chi connectivity index (χ3n) is 3.43. The number of anilines is 2. The number of carbonyl (C=O) groups excluding carboxylic acids is 1. The van der Waals surface area contributed by atoms with E-state index >= 15 is 0 Å². The zero-order chi connectivity index (χ0) is 17.2. The average Bonchev–Trinajstić information content (AvgIpc) is 2.85. The van der Waals surface area contributed by atoms with Gasteiger partial charge in [0.1, 0.15) is 23.6 Å². The summed E-state index contributed by atoms with van der Waals surface area (Å²) in [5.41, 5.74) is 6.12. The highest BCUT2D eigenvalue weighted by molar-refractivity contribution is 6.04.